The zero-order valence-corrected chi connectivity index (χ0v) is 20.3. The number of fused-ring (bicyclic) bond motifs is 1. The van der Waals surface area contributed by atoms with Crippen LogP contribution in [-0.2, 0) is 20.7 Å². The van der Waals surface area contributed by atoms with E-state index < -0.39 is 23.0 Å². The van der Waals surface area contributed by atoms with E-state index in [1.165, 1.54) is 0 Å². The molecule has 2 aliphatic carbocycles. The van der Waals surface area contributed by atoms with Crippen LogP contribution in [-0.4, -0.2) is 55.4 Å². The van der Waals surface area contributed by atoms with Crippen LogP contribution < -0.4 is 5.73 Å². The van der Waals surface area contributed by atoms with Crippen molar-refractivity contribution >= 4 is 11.9 Å². The zero-order chi connectivity index (χ0) is 24.7. The number of methoxy groups -OCH3 is 1. The largest absolute Gasteiger partial charge is 0.381 e. The minimum absolute atomic E-state index is 0.0972. The lowest BCUT2D eigenvalue weighted by atomic mass is 9.59. The van der Waals surface area contributed by atoms with E-state index in [0.29, 0.717) is 12.0 Å². The summed E-state index contributed by atoms with van der Waals surface area (Å²) >= 11 is 0. The minimum atomic E-state index is -1.64. The first-order valence-electron chi connectivity index (χ1n) is 12.1. The van der Waals surface area contributed by atoms with Gasteiger partial charge in [-0.1, -0.05) is 19.9 Å². The molecule has 8 heteroatoms. The molecular weight excluding hydrogens is 435 g/mol. The monoisotopic (exact) mass is 470 g/mol. The fourth-order valence-corrected chi connectivity index (χ4v) is 6.92. The van der Waals surface area contributed by atoms with Gasteiger partial charge in [-0.3, -0.25) is 15.1 Å². The maximum Gasteiger partial charge on any atom is 0.237 e. The average Bonchev–Trinajstić information content (AvgIpc) is 3.08. The van der Waals surface area contributed by atoms with E-state index in [1.54, 1.807) is 19.2 Å². The molecule has 1 aliphatic heterocycles. The van der Waals surface area contributed by atoms with Crippen molar-refractivity contribution < 1.29 is 18.7 Å². The van der Waals surface area contributed by atoms with Crippen LogP contribution in [0, 0.1) is 34.0 Å². The van der Waals surface area contributed by atoms with Crippen LogP contribution in [0.15, 0.2) is 18.2 Å². The molecule has 0 aromatic heterocycles. The van der Waals surface area contributed by atoms with Crippen molar-refractivity contribution in [3.8, 4) is 6.07 Å². The average molecular weight is 471 g/mol. The van der Waals surface area contributed by atoms with E-state index in [1.807, 2.05) is 6.07 Å². The first-order chi connectivity index (χ1) is 16.1. The summed E-state index contributed by atoms with van der Waals surface area (Å²) in [6.45, 7) is 4.61. The summed E-state index contributed by atoms with van der Waals surface area (Å²) in [7, 11) is 1.73. The number of nitrogens with one attached hydrogen (secondary N) is 1. The Balaban J connectivity index is 1.75. The third kappa shape index (κ3) is 4.32. The summed E-state index contributed by atoms with van der Waals surface area (Å²) in [6, 6.07) is 7.70. The number of hydrogen-bond donors (Lipinski definition) is 2. The maximum absolute atomic E-state index is 15.6. The van der Waals surface area contributed by atoms with Crippen molar-refractivity contribution in [3.05, 3.63) is 34.9 Å². The van der Waals surface area contributed by atoms with Crippen molar-refractivity contribution in [1.82, 2.24) is 4.90 Å². The molecule has 1 aromatic rings. The third-order valence-corrected chi connectivity index (χ3v) is 8.23. The number of alkyl halides is 1. The second-order valence-electron chi connectivity index (χ2n) is 10.6. The van der Waals surface area contributed by atoms with Crippen LogP contribution in [0.2, 0.25) is 0 Å². The van der Waals surface area contributed by atoms with Gasteiger partial charge in [0.1, 0.15) is 5.67 Å². The van der Waals surface area contributed by atoms with Gasteiger partial charge < -0.3 is 15.2 Å². The molecular formula is C26H35FN4O3. The van der Waals surface area contributed by atoms with E-state index in [-0.39, 0.29) is 56.4 Å². The second-order valence-corrected chi connectivity index (χ2v) is 10.6. The molecule has 7 nitrogen and oxygen atoms in total. The third-order valence-electron chi connectivity index (χ3n) is 8.23. The summed E-state index contributed by atoms with van der Waals surface area (Å²) in [5.74, 6) is -0.934. The van der Waals surface area contributed by atoms with E-state index in [4.69, 9.17) is 20.6 Å². The molecule has 3 N–H and O–H groups in total. The maximum atomic E-state index is 15.6. The molecule has 3 aliphatic rings. The second kappa shape index (κ2) is 9.27. The van der Waals surface area contributed by atoms with Crippen molar-refractivity contribution in [1.29, 1.82) is 10.7 Å². The van der Waals surface area contributed by atoms with Crippen molar-refractivity contribution in [2.45, 2.75) is 63.6 Å². The highest BCUT2D eigenvalue weighted by molar-refractivity contribution is 5.99. The van der Waals surface area contributed by atoms with Crippen LogP contribution in [0.3, 0.4) is 0 Å². The molecule has 3 atom stereocenters. The number of rotatable bonds is 4. The van der Waals surface area contributed by atoms with E-state index >= 15 is 4.39 Å². The molecule has 1 spiro atoms. The van der Waals surface area contributed by atoms with Gasteiger partial charge in [-0.25, -0.2) is 4.39 Å². The lowest BCUT2D eigenvalue weighted by molar-refractivity contribution is -0.138. The highest BCUT2D eigenvalue weighted by Crippen LogP contribution is 2.58. The smallest absolute Gasteiger partial charge is 0.237 e. The fraction of sp³-hybridized carbons (Fsp3) is 0.654. The lowest BCUT2D eigenvalue weighted by Crippen LogP contribution is -2.54. The number of nitrogens with zero attached hydrogens (tertiary/aromatic N) is 2. The Kier molecular flexibility index (Phi) is 6.71. The van der Waals surface area contributed by atoms with Gasteiger partial charge in [0.05, 0.1) is 30.2 Å². The number of carbonyl (C=O) groups is 1. The summed E-state index contributed by atoms with van der Waals surface area (Å²) in [5.41, 5.74) is 6.19. The zero-order valence-electron chi connectivity index (χ0n) is 20.3. The van der Waals surface area contributed by atoms with Gasteiger partial charge in [0.15, 0.2) is 5.96 Å². The van der Waals surface area contributed by atoms with Crippen LogP contribution in [0.4, 0.5) is 4.39 Å². The predicted octanol–water partition coefficient (Wildman–Crippen LogP) is 3.51. The SMILES string of the molecule is COC1C(C)CC2(Cc3ccc(C#N)cc3[C@H]2C(=O)N(CC2(F)CCOCC2)C(=N)N)CC1C. The Morgan fingerprint density at radius 2 is 1.97 bits per heavy atom. The molecule has 1 saturated carbocycles. The molecule has 4 rings (SSSR count). The molecule has 0 bridgehead atoms. The molecule has 1 aromatic carbocycles. The molecule has 34 heavy (non-hydrogen) atoms. The summed E-state index contributed by atoms with van der Waals surface area (Å²) < 4.78 is 26.7. The number of carbonyl (C=O) groups excluding carboxylic acids is 1. The van der Waals surface area contributed by atoms with Gasteiger partial charge in [0.2, 0.25) is 5.91 Å². The Morgan fingerprint density at radius 3 is 2.53 bits per heavy atom. The lowest BCUT2D eigenvalue weighted by Gasteiger charge is -2.48. The summed E-state index contributed by atoms with van der Waals surface area (Å²) in [6.07, 6.45) is 2.67. The Labute approximate surface area is 200 Å². The number of guanidine groups is 1. The minimum Gasteiger partial charge on any atom is -0.381 e. The van der Waals surface area contributed by atoms with E-state index in [0.717, 1.165) is 28.9 Å². The molecule has 2 unspecified atom stereocenters. The molecule has 1 amide bonds. The van der Waals surface area contributed by atoms with Crippen molar-refractivity contribution in [3.63, 3.8) is 0 Å². The standard InChI is InChI=1S/C26H35FN4O3/c1-16-11-25(12-17(2)22(16)33-3)13-19-5-4-18(14-28)10-20(19)21(25)23(32)31(24(29)30)15-26(27)6-8-34-9-7-26/h4-5,10,16-17,21-22H,6-9,11-13,15H2,1-3H3,(H3,29,30)/t16?,17?,21-,22?,25?/m0/s1. The number of hydrogen-bond acceptors (Lipinski definition) is 5. The molecule has 1 saturated heterocycles. The van der Waals surface area contributed by atoms with E-state index in [9.17, 15) is 10.1 Å². The number of amides is 1. The number of ether oxygens (including phenoxy) is 2. The van der Waals surface area contributed by atoms with Gasteiger partial charge in [-0.2, -0.15) is 5.26 Å². The Hall–Kier alpha value is -2.50. The van der Waals surface area contributed by atoms with E-state index in [2.05, 4.69) is 19.9 Å². The summed E-state index contributed by atoms with van der Waals surface area (Å²) in [4.78, 5) is 15.3. The van der Waals surface area contributed by atoms with Gasteiger partial charge in [0, 0.05) is 33.2 Å². The molecule has 184 valence electrons. The number of nitriles is 1. The Bertz CT molecular complexity index is 988. The van der Waals surface area contributed by atoms with Gasteiger partial charge in [-0.15, -0.1) is 0 Å². The Morgan fingerprint density at radius 1 is 1.32 bits per heavy atom. The normalized spacial score (nSPS) is 32.1. The first-order valence-corrected chi connectivity index (χ1v) is 12.1. The number of nitrogens with two attached hydrogens (primary N) is 1. The van der Waals surface area contributed by atoms with Crippen LogP contribution >= 0.6 is 0 Å². The van der Waals surface area contributed by atoms with Crippen molar-refractivity contribution in [2.75, 3.05) is 26.9 Å². The predicted molar refractivity (Wildman–Crippen MR) is 126 cm³/mol. The molecule has 1 heterocycles. The first kappa shape index (κ1) is 24.6. The molecule has 0 radical (unpaired) electrons. The van der Waals surface area contributed by atoms with Gasteiger partial charge >= 0.3 is 0 Å². The van der Waals surface area contributed by atoms with Gasteiger partial charge in [0.25, 0.3) is 0 Å². The van der Waals surface area contributed by atoms with Crippen LogP contribution in [0.25, 0.3) is 0 Å². The highest BCUT2D eigenvalue weighted by atomic mass is 19.1. The molecule has 2 fully saturated rings. The fourth-order valence-electron chi connectivity index (χ4n) is 6.92. The quantitative estimate of drug-likeness (QED) is 0.517. The van der Waals surface area contributed by atoms with Gasteiger partial charge in [-0.05, 0) is 59.8 Å². The van der Waals surface area contributed by atoms with Crippen LogP contribution in [0.1, 0.15) is 62.1 Å². The number of benzene rings is 1. The van der Waals surface area contributed by atoms with Crippen LogP contribution in [0.5, 0.6) is 0 Å². The summed E-state index contributed by atoms with van der Waals surface area (Å²) in [5, 5.41) is 17.7. The number of halogens is 1. The highest BCUT2D eigenvalue weighted by Gasteiger charge is 2.56. The van der Waals surface area contributed by atoms with Crippen molar-refractivity contribution in [2.24, 2.45) is 23.0 Å². The topological polar surface area (TPSA) is 112 Å².